The van der Waals surface area contributed by atoms with Crippen LogP contribution in [-0.4, -0.2) is 49.4 Å². The topological polar surface area (TPSA) is 72.7 Å². The Bertz CT molecular complexity index is 1020. The molecule has 0 aliphatic heterocycles. The van der Waals surface area contributed by atoms with E-state index in [0.29, 0.717) is 0 Å². The van der Waals surface area contributed by atoms with Gasteiger partial charge in [0.25, 0.3) is 0 Å². The minimum Gasteiger partial charge on any atom is -0.493 e. The van der Waals surface area contributed by atoms with Crippen molar-refractivity contribution in [3.05, 3.63) is 53.9 Å². The standard InChI is InChI=1S/C24H33N5O2.HI/c1-5-25-24(27-15-13-19-11-12-22(30-3)23(17-19)31-4)26-14-8-16-29-18(2)28-20-9-6-7-10-21(20)29;/h6-7,9-12,17H,5,8,13-16H2,1-4H3,(H2,25,26,27);1H. The Hall–Kier alpha value is -2.49. The number of para-hydroxylation sites is 2. The molecule has 0 unspecified atom stereocenters. The molecule has 0 atom stereocenters. The average molecular weight is 551 g/mol. The van der Waals surface area contributed by atoms with Crippen molar-refractivity contribution in [3.8, 4) is 11.5 Å². The fourth-order valence-electron chi connectivity index (χ4n) is 3.60. The molecule has 0 saturated heterocycles. The Kier molecular flexibility index (Phi) is 10.6. The first-order chi connectivity index (χ1) is 15.2. The fourth-order valence-corrected chi connectivity index (χ4v) is 3.60. The van der Waals surface area contributed by atoms with E-state index < -0.39 is 0 Å². The van der Waals surface area contributed by atoms with Gasteiger partial charge in [0.1, 0.15) is 5.82 Å². The molecule has 0 spiro atoms. The second kappa shape index (κ2) is 13.1. The van der Waals surface area contributed by atoms with E-state index in [0.717, 1.165) is 67.8 Å². The van der Waals surface area contributed by atoms with Crippen LogP contribution in [0.1, 0.15) is 24.7 Å². The number of nitrogens with zero attached hydrogens (tertiary/aromatic N) is 3. The molecule has 0 saturated carbocycles. The predicted molar refractivity (Wildman–Crippen MR) is 142 cm³/mol. The zero-order chi connectivity index (χ0) is 22.1. The molecule has 32 heavy (non-hydrogen) atoms. The molecule has 174 valence electrons. The number of benzene rings is 2. The molecule has 3 aromatic rings. The van der Waals surface area contributed by atoms with Crippen LogP contribution in [0.5, 0.6) is 11.5 Å². The van der Waals surface area contributed by atoms with E-state index in [2.05, 4.69) is 58.3 Å². The summed E-state index contributed by atoms with van der Waals surface area (Å²) in [6, 6.07) is 14.3. The van der Waals surface area contributed by atoms with Crippen molar-refractivity contribution in [1.82, 2.24) is 20.2 Å². The summed E-state index contributed by atoms with van der Waals surface area (Å²) >= 11 is 0. The van der Waals surface area contributed by atoms with Crippen LogP contribution in [0.4, 0.5) is 0 Å². The first-order valence-corrected chi connectivity index (χ1v) is 10.8. The molecular weight excluding hydrogens is 517 g/mol. The normalized spacial score (nSPS) is 11.2. The van der Waals surface area contributed by atoms with Gasteiger partial charge in [0.2, 0.25) is 0 Å². The number of ether oxygens (including phenoxy) is 2. The van der Waals surface area contributed by atoms with Crippen molar-refractivity contribution in [3.63, 3.8) is 0 Å². The van der Waals surface area contributed by atoms with E-state index in [1.165, 1.54) is 11.1 Å². The lowest BCUT2D eigenvalue weighted by Crippen LogP contribution is -2.38. The van der Waals surface area contributed by atoms with Crippen LogP contribution in [0.25, 0.3) is 11.0 Å². The Morgan fingerprint density at radius 2 is 1.84 bits per heavy atom. The lowest BCUT2D eigenvalue weighted by atomic mass is 10.1. The summed E-state index contributed by atoms with van der Waals surface area (Å²) in [7, 11) is 3.30. The van der Waals surface area contributed by atoms with Gasteiger partial charge in [0.05, 0.1) is 25.3 Å². The lowest BCUT2D eigenvalue weighted by Gasteiger charge is -2.13. The van der Waals surface area contributed by atoms with Crippen molar-refractivity contribution < 1.29 is 9.47 Å². The number of aromatic nitrogens is 2. The number of hydrogen-bond donors (Lipinski definition) is 2. The maximum atomic E-state index is 5.39. The first-order valence-electron chi connectivity index (χ1n) is 10.8. The van der Waals surface area contributed by atoms with Gasteiger partial charge in [-0.2, -0.15) is 0 Å². The molecule has 0 aliphatic carbocycles. The van der Waals surface area contributed by atoms with E-state index in [9.17, 15) is 0 Å². The molecule has 7 nitrogen and oxygen atoms in total. The minimum atomic E-state index is 0. The molecule has 0 aliphatic rings. The minimum absolute atomic E-state index is 0. The summed E-state index contributed by atoms with van der Waals surface area (Å²) in [5.41, 5.74) is 3.42. The van der Waals surface area contributed by atoms with Gasteiger partial charge in [0.15, 0.2) is 17.5 Å². The summed E-state index contributed by atoms with van der Waals surface area (Å²) in [6.07, 6.45) is 1.82. The van der Waals surface area contributed by atoms with Crippen molar-refractivity contribution in [2.75, 3.05) is 33.9 Å². The van der Waals surface area contributed by atoms with E-state index in [1.807, 2.05) is 18.2 Å². The highest BCUT2D eigenvalue weighted by Crippen LogP contribution is 2.27. The molecule has 1 heterocycles. The van der Waals surface area contributed by atoms with Crippen LogP contribution >= 0.6 is 24.0 Å². The number of imidazole rings is 1. The van der Waals surface area contributed by atoms with Gasteiger partial charge in [-0.05, 0) is 56.5 Å². The number of fused-ring (bicyclic) bond motifs is 1. The molecule has 2 N–H and O–H groups in total. The predicted octanol–water partition coefficient (Wildman–Crippen LogP) is 4.17. The summed E-state index contributed by atoms with van der Waals surface area (Å²) in [4.78, 5) is 9.37. The van der Waals surface area contributed by atoms with Crippen molar-refractivity contribution in [1.29, 1.82) is 0 Å². The third-order valence-corrected chi connectivity index (χ3v) is 5.15. The molecule has 2 aromatic carbocycles. The van der Waals surface area contributed by atoms with Gasteiger partial charge >= 0.3 is 0 Å². The Morgan fingerprint density at radius 3 is 2.59 bits per heavy atom. The highest BCUT2D eigenvalue weighted by atomic mass is 127. The molecule has 0 fully saturated rings. The summed E-state index contributed by atoms with van der Waals surface area (Å²) in [5.74, 6) is 3.39. The number of aryl methyl sites for hydroxylation is 2. The SMILES string of the molecule is CCNC(=NCCCn1c(C)nc2ccccc21)NCCc1ccc(OC)c(OC)c1.I. The molecule has 3 rings (SSSR count). The number of nitrogens with one attached hydrogen (secondary N) is 2. The van der Waals surface area contributed by atoms with Crippen LogP contribution in [0, 0.1) is 6.92 Å². The van der Waals surface area contributed by atoms with Crippen LogP contribution in [0.3, 0.4) is 0 Å². The van der Waals surface area contributed by atoms with Crippen LogP contribution < -0.4 is 20.1 Å². The lowest BCUT2D eigenvalue weighted by molar-refractivity contribution is 0.354. The quantitative estimate of drug-likeness (QED) is 0.171. The second-order valence-corrected chi connectivity index (χ2v) is 7.28. The van der Waals surface area contributed by atoms with Crippen LogP contribution in [-0.2, 0) is 13.0 Å². The number of guanidine groups is 1. The van der Waals surface area contributed by atoms with Crippen molar-refractivity contribution >= 4 is 41.0 Å². The second-order valence-electron chi connectivity index (χ2n) is 7.28. The maximum Gasteiger partial charge on any atom is 0.191 e. The maximum absolute atomic E-state index is 5.39. The van der Waals surface area contributed by atoms with E-state index in [4.69, 9.17) is 14.5 Å². The van der Waals surface area contributed by atoms with Gasteiger partial charge in [-0.25, -0.2) is 4.98 Å². The van der Waals surface area contributed by atoms with E-state index in [1.54, 1.807) is 14.2 Å². The van der Waals surface area contributed by atoms with Gasteiger partial charge in [-0.1, -0.05) is 18.2 Å². The molecule has 0 amide bonds. The zero-order valence-electron chi connectivity index (χ0n) is 19.4. The molecule has 1 aromatic heterocycles. The monoisotopic (exact) mass is 551 g/mol. The third kappa shape index (κ3) is 6.75. The van der Waals surface area contributed by atoms with Gasteiger partial charge in [-0.3, -0.25) is 4.99 Å². The van der Waals surface area contributed by atoms with E-state index in [-0.39, 0.29) is 24.0 Å². The average Bonchev–Trinajstić information content (AvgIpc) is 3.11. The summed E-state index contributed by atoms with van der Waals surface area (Å²) in [6.45, 7) is 7.40. The van der Waals surface area contributed by atoms with Crippen LogP contribution in [0.2, 0.25) is 0 Å². The Balaban J connectivity index is 0.00000363. The number of aliphatic imine (C=N–C) groups is 1. The van der Waals surface area contributed by atoms with Crippen molar-refractivity contribution in [2.45, 2.75) is 33.2 Å². The number of halogens is 1. The Morgan fingerprint density at radius 1 is 1.06 bits per heavy atom. The van der Waals surface area contributed by atoms with E-state index >= 15 is 0 Å². The molecule has 8 heteroatoms. The number of hydrogen-bond acceptors (Lipinski definition) is 4. The largest absolute Gasteiger partial charge is 0.493 e. The van der Waals surface area contributed by atoms with Gasteiger partial charge in [-0.15, -0.1) is 24.0 Å². The zero-order valence-corrected chi connectivity index (χ0v) is 21.7. The smallest absolute Gasteiger partial charge is 0.191 e. The highest BCUT2D eigenvalue weighted by molar-refractivity contribution is 14.0. The van der Waals surface area contributed by atoms with Gasteiger partial charge < -0.3 is 24.7 Å². The Labute approximate surface area is 207 Å². The summed E-state index contributed by atoms with van der Waals surface area (Å²) in [5, 5.41) is 6.74. The van der Waals surface area contributed by atoms with Gasteiger partial charge in [0, 0.05) is 26.2 Å². The molecule has 0 bridgehead atoms. The molecular formula is C24H34IN5O2. The summed E-state index contributed by atoms with van der Waals surface area (Å²) < 4.78 is 13.0. The van der Waals surface area contributed by atoms with Crippen molar-refractivity contribution in [2.24, 2.45) is 4.99 Å². The number of rotatable bonds is 10. The van der Waals surface area contributed by atoms with Crippen LogP contribution in [0.15, 0.2) is 47.5 Å². The number of methoxy groups -OCH3 is 2. The highest BCUT2D eigenvalue weighted by Gasteiger charge is 2.07. The third-order valence-electron chi connectivity index (χ3n) is 5.15. The molecule has 0 radical (unpaired) electrons. The fraction of sp³-hybridized carbons (Fsp3) is 0.417. The first kappa shape index (κ1) is 25.8.